The van der Waals surface area contributed by atoms with Crippen molar-refractivity contribution in [2.45, 2.75) is 0 Å². The van der Waals surface area contributed by atoms with Crippen molar-refractivity contribution < 1.29 is 46.0 Å². The van der Waals surface area contributed by atoms with Gasteiger partial charge in [-0.15, -0.1) is 0 Å². The van der Waals surface area contributed by atoms with Crippen molar-refractivity contribution in [3.05, 3.63) is 96.1 Å². The van der Waals surface area contributed by atoms with Gasteiger partial charge in [0.2, 0.25) is 0 Å². The van der Waals surface area contributed by atoms with Gasteiger partial charge in [-0.2, -0.15) is 0 Å². The van der Waals surface area contributed by atoms with Gasteiger partial charge in [-0.1, -0.05) is 72.8 Å². The second-order valence-electron chi connectivity index (χ2n) is 5.66. The van der Waals surface area contributed by atoms with E-state index < -0.39 is 11.9 Å². The molecule has 4 aromatic carbocycles. The van der Waals surface area contributed by atoms with Gasteiger partial charge in [-0.05, 0) is 33.7 Å². The Morgan fingerprint density at radius 3 is 1.22 bits per heavy atom. The van der Waals surface area contributed by atoms with Crippen LogP contribution in [0, 0.1) is 0 Å². The molecule has 0 spiro atoms. The molecule has 0 bridgehead atoms. The Balaban J connectivity index is 0.000000187. The molecule has 0 radical (unpaired) electrons. The van der Waals surface area contributed by atoms with Crippen molar-refractivity contribution in [3.8, 4) is 0 Å². The molecule has 0 amide bonds. The molecule has 0 atom stereocenters. The van der Waals surface area contributed by atoms with E-state index >= 15 is 0 Å². The average molecular weight is 436 g/mol. The Bertz CT molecular complexity index is 1010. The second kappa shape index (κ2) is 9.24. The number of hydrogen-bond donors (Lipinski definition) is 2. The van der Waals surface area contributed by atoms with Crippen molar-refractivity contribution in [3.63, 3.8) is 0 Å². The van der Waals surface area contributed by atoms with E-state index in [0.29, 0.717) is 11.1 Å². The van der Waals surface area contributed by atoms with Crippen molar-refractivity contribution in [1.82, 2.24) is 0 Å². The van der Waals surface area contributed by atoms with Crippen LogP contribution < -0.4 is 0 Å². The molecule has 27 heavy (non-hydrogen) atoms. The molecule has 0 aliphatic heterocycles. The first-order chi connectivity index (χ1) is 12.6. The maximum absolute atomic E-state index is 10.8. The Hall–Kier alpha value is -2.78. The van der Waals surface area contributed by atoms with Gasteiger partial charge >= 0.3 is 11.9 Å². The fourth-order valence-corrected chi connectivity index (χ4v) is 2.82. The molecular weight excluding hydrogens is 419 g/mol. The van der Waals surface area contributed by atoms with Crippen molar-refractivity contribution in [2.24, 2.45) is 0 Å². The summed E-state index contributed by atoms with van der Waals surface area (Å²) in [7, 11) is 0. The molecule has 0 saturated heterocycles. The number of fused-ring (bicyclic) bond motifs is 2. The zero-order chi connectivity index (χ0) is 18.5. The fourth-order valence-electron chi connectivity index (χ4n) is 2.82. The quantitative estimate of drug-likeness (QED) is 0.461. The summed E-state index contributed by atoms with van der Waals surface area (Å²) in [6.45, 7) is 0. The summed E-state index contributed by atoms with van der Waals surface area (Å²) in [5.41, 5.74) is 0.719. The topological polar surface area (TPSA) is 74.6 Å². The number of aromatic carboxylic acids is 2. The average Bonchev–Trinajstić information content (AvgIpc) is 2.67. The van der Waals surface area contributed by atoms with Crippen molar-refractivity contribution in [2.75, 3.05) is 0 Å². The summed E-state index contributed by atoms with van der Waals surface area (Å²) < 4.78 is 0. The van der Waals surface area contributed by atoms with E-state index in [1.54, 1.807) is 24.3 Å². The summed E-state index contributed by atoms with van der Waals surface area (Å²) in [4.78, 5) is 21.6. The predicted octanol–water partition coefficient (Wildman–Crippen LogP) is 5.07. The fraction of sp³-hybridized carbons (Fsp3) is 0. The first-order valence-electron chi connectivity index (χ1n) is 8.00. The minimum absolute atomic E-state index is 0. The third-order valence-corrected chi connectivity index (χ3v) is 4.04. The molecule has 4 aromatic rings. The van der Waals surface area contributed by atoms with Crippen molar-refractivity contribution in [1.29, 1.82) is 0 Å². The molecule has 132 valence electrons. The predicted molar refractivity (Wildman–Crippen MR) is 102 cm³/mol. The molecule has 0 unspecified atom stereocenters. The van der Waals surface area contributed by atoms with Gasteiger partial charge in [0, 0.05) is 26.2 Å². The first-order valence-corrected chi connectivity index (χ1v) is 8.00. The van der Waals surface area contributed by atoms with Crippen LogP contribution in [0.2, 0.25) is 0 Å². The van der Waals surface area contributed by atoms with E-state index in [4.69, 9.17) is 10.2 Å². The zero-order valence-corrected chi connectivity index (χ0v) is 16.8. The Kier molecular flexibility index (Phi) is 7.03. The van der Waals surface area contributed by atoms with E-state index in [9.17, 15) is 9.59 Å². The number of carbonyl (C=O) groups is 2. The normalized spacial score (nSPS) is 9.78. The minimum atomic E-state index is -0.878. The largest absolute Gasteiger partial charge is 0.478 e. The third-order valence-electron chi connectivity index (χ3n) is 4.04. The zero-order valence-electron chi connectivity index (χ0n) is 14.3. The van der Waals surface area contributed by atoms with Crippen molar-refractivity contribution >= 4 is 33.5 Å². The SMILES string of the molecule is O=C(O)c1cccc2ccccc12.O=C(O)c1cccc2ccccc12.[Zr]. The maximum atomic E-state index is 10.8. The summed E-state index contributed by atoms with van der Waals surface area (Å²) in [5.74, 6) is -1.76. The molecular formula is C22H16O4Zr. The van der Waals surface area contributed by atoms with Gasteiger partial charge in [0.15, 0.2) is 0 Å². The Morgan fingerprint density at radius 2 is 0.852 bits per heavy atom. The van der Waals surface area contributed by atoms with Gasteiger partial charge in [0.1, 0.15) is 0 Å². The molecule has 0 aliphatic carbocycles. The van der Waals surface area contributed by atoms with E-state index in [2.05, 4.69) is 0 Å². The number of hydrogen-bond acceptors (Lipinski definition) is 2. The van der Waals surface area contributed by atoms with E-state index in [-0.39, 0.29) is 26.2 Å². The van der Waals surface area contributed by atoms with Crippen LogP contribution in [0.1, 0.15) is 20.7 Å². The van der Waals surface area contributed by atoms with Crippen LogP contribution in [0.25, 0.3) is 21.5 Å². The van der Waals surface area contributed by atoms with Crippen LogP contribution in [-0.2, 0) is 26.2 Å². The molecule has 0 aromatic heterocycles. The van der Waals surface area contributed by atoms with E-state index in [0.717, 1.165) is 21.5 Å². The van der Waals surface area contributed by atoms with Crippen LogP contribution >= 0.6 is 0 Å². The molecule has 0 aliphatic rings. The van der Waals surface area contributed by atoms with Gasteiger partial charge in [0.05, 0.1) is 11.1 Å². The second-order valence-corrected chi connectivity index (χ2v) is 5.66. The summed E-state index contributed by atoms with van der Waals surface area (Å²) in [6, 6.07) is 25.5. The van der Waals surface area contributed by atoms with Crippen LogP contribution in [0.5, 0.6) is 0 Å². The smallest absolute Gasteiger partial charge is 0.336 e. The molecule has 0 saturated carbocycles. The van der Waals surface area contributed by atoms with Gasteiger partial charge in [0.25, 0.3) is 0 Å². The first kappa shape index (κ1) is 20.5. The van der Waals surface area contributed by atoms with Gasteiger partial charge in [-0.3, -0.25) is 0 Å². The van der Waals surface area contributed by atoms with E-state index in [1.807, 2.05) is 60.7 Å². The molecule has 5 heteroatoms. The van der Waals surface area contributed by atoms with Gasteiger partial charge in [-0.25, -0.2) is 9.59 Å². The molecule has 0 fully saturated rings. The molecule has 4 nitrogen and oxygen atoms in total. The van der Waals surface area contributed by atoms with Crippen LogP contribution in [0.4, 0.5) is 0 Å². The molecule has 2 N–H and O–H groups in total. The summed E-state index contributed by atoms with van der Waals surface area (Å²) in [5, 5.41) is 21.3. The monoisotopic (exact) mass is 434 g/mol. The number of rotatable bonds is 2. The molecule has 4 rings (SSSR count). The molecule has 0 heterocycles. The van der Waals surface area contributed by atoms with E-state index in [1.165, 1.54) is 0 Å². The van der Waals surface area contributed by atoms with Crippen LogP contribution in [-0.4, -0.2) is 22.2 Å². The van der Waals surface area contributed by atoms with Gasteiger partial charge < -0.3 is 10.2 Å². The standard InChI is InChI=1S/2C11H8O2.Zr/c2*12-11(13)10-7-3-5-8-4-1-2-6-9(8)10;/h2*1-7H,(H,12,13);. The summed E-state index contributed by atoms with van der Waals surface area (Å²) >= 11 is 0. The third kappa shape index (κ3) is 4.69. The number of carboxylic acids is 2. The summed E-state index contributed by atoms with van der Waals surface area (Å²) in [6.07, 6.45) is 0. The minimum Gasteiger partial charge on any atom is -0.478 e. The number of carboxylic acid groups (broad SMARTS) is 2. The van der Waals surface area contributed by atoms with Crippen LogP contribution in [0.3, 0.4) is 0 Å². The maximum Gasteiger partial charge on any atom is 0.336 e. The Morgan fingerprint density at radius 1 is 0.519 bits per heavy atom. The van der Waals surface area contributed by atoms with Crippen LogP contribution in [0.15, 0.2) is 84.9 Å². The Labute approximate surface area is 175 Å². The number of benzene rings is 4.